The minimum Gasteiger partial charge on any atom is -0.267 e. The molecule has 0 aliphatic heterocycles. The van der Waals surface area contributed by atoms with Gasteiger partial charge in [0.1, 0.15) is 11.4 Å². The molecule has 0 atom stereocenters. The van der Waals surface area contributed by atoms with Crippen LogP contribution in [0, 0.1) is 20.2 Å². The zero-order valence-corrected chi connectivity index (χ0v) is 18.0. The number of hydrazine groups is 2. The number of amides is 4. The average molecular weight is 493 g/mol. The number of pyridine rings is 1. The lowest BCUT2D eigenvalue weighted by molar-refractivity contribution is -0.385. The van der Waals surface area contributed by atoms with Crippen molar-refractivity contribution in [1.29, 1.82) is 0 Å². The molecule has 15 heteroatoms. The van der Waals surface area contributed by atoms with Gasteiger partial charge in [-0.3, -0.25) is 61.1 Å². The molecule has 3 rings (SSSR count). The smallest absolute Gasteiger partial charge is 0.267 e. The van der Waals surface area contributed by atoms with Crippen LogP contribution in [0.25, 0.3) is 0 Å². The number of hydrogen-bond donors (Lipinski definition) is 4. The number of nitro groups is 2. The molecular formula is C21H15N7O8. The standard InChI is InChI=1S/C21H15N7O8/c29-18(12-4-1-6-14(10-12)27(33)34)23-25-20(31)16-8-3-9-17(22-16)21(32)26-24-19(30)13-5-2-7-15(11-13)28(35)36/h1-11H,(H,23,29)(H,24,30)(H,25,31)(H,26,32). The van der Waals surface area contributed by atoms with Crippen molar-refractivity contribution in [3.8, 4) is 0 Å². The third kappa shape index (κ3) is 6.19. The fraction of sp³-hybridized carbons (Fsp3) is 0. The fourth-order valence-corrected chi connectivity index (χ4v) is 2.71. The monoisotopic (exact) mass is 493 g/mol. The van der Waals surface area contributed by atoms with Gasteiger partial charge in [0.15, 0.2) is 0 Å². The second kappa shape index (κ2) is 10.9. The lowest BCUT2D eigenvalue weighted by atomic mass is 10.2. The van der Waals surface area contributed by atoms with Gasteiger partial charge < -0.3 is 0 Å². The maximum Gasteiger partial charge on any atom is 0.288 e. The first kappa shape index (κ1) is 24.9. The molecule has 3 aromatic rings. The maximum atomic E-state index is 12.3. The Kier molecular flexibility index (Phi) is 7.56. The molecule has 15 nitrogen and oxygen atoms in total. The van der Waals surface area contributed by atoms with Gasteiger partial charge in [0.05, 0.1) is 9.85 Å². The van der Waals surface area contributed by atoms with Crippen LogP contribution in [0.2, 0.25) is 0 Å². The highest BCUT2D eigenvalue weighted by Gasteiger charge is 2.17. The van der Waals surface area contributed by atoms with Gasteiger partial charge in [-0.2, -0.15) is 0 Å². The van der Waals surface area contributed by atoms with E-state index in [1.54, 1.807) is 0 Å². The molecule has 0 aliphatic rings. The third-order valence-electron chi connectivity index (χ3n) is 4.43. The molecule has 0 bridgehead atoms. The van der Waals surface area contributed by atoms with E-state index in [2.05, 4.69) is 26.7 Å². The van der Waals surface area contributed by atoms with Crippen LogP contribution in [0.15, 0.2) is 66.7 Å². The highest BCUT2D eigenvalue weighted by atomic mass is 16.6. The summed E-state index contributed by atoms with van der Waals surface area (Å²) in [6.07, 6.45) is 0. The quantitative estimate of drug-likeness (QED) is 0.284. The van der Waals surface area contributed by atoms with Gasteiger partial charge in [-0.15, -0.1) is 0 Å². The molecule has 0 saturated heterocycles. The summed E-state index contributed by atoms with van der Waals surface area (Å²) in [5, 5.41) is 21.6. The van der Waals surface area contributed by atoms with Gasteiger partial charge in [0, 0.05) is 35.4 Å². The van der Waals surface area contributed by atoms with Crippen LogP contribution in [0.1, 0.15) is 41.7 Å². The van der Waals surface area contributed by atoms with Crippen molar-refractivity contribution < 1.29 is 29.0 Å². The minimum absolute atomic E-state index is 0.0786. The van der Waals surface area contributed by atoms with Crippen molar-refractivity contribution in [3.63, 3.8) is 0 Å². The lowest BCUT2D eigenvalue weighted by Gasteiger charge is -2.09. The molecule has 4 amide bonds. The van der Waals surface area contributed by atoms with Crippen molar-refractivity contribution in [1.82, 2.24) is 26.7 Å². The average Bonchev–Trinajstić information content (AvgIpc) is 2.90. The van der Waals surface area contributed by atoms with Crippen molar-refractivity contribution in [2.45, 2.75) is 0 Å². The van der Waals surface area contributed by atoms with Crippen LogP contribution in [-0.4, -0.2) is 38.5 Å². The highest BCUT2D eigenvalue weighted by Crippen LogP contribution is 2.13. The van der Waals surface area contributed by atoms with E-state index in [-0.39, 0.29) is 33.9 Å². The summed E-state index contributed by atoms with van der Waals surface area (Å²) < 4.78 is 0. The Labute approximate surface area is 200 Å². The highest BCUT2D eigenvalue weighted by molar-refractivity contribution is 6.00. The van der Waals surface area contributed by atoms with Crippen molar-refractivity contribution in [2.24, 2.45) is 0 Å². The van der Waals surface area contributed by atoms with E-state index in [0.29, 0.717) is 0 Å². The number of nitrogens with zero attached hydrogens (tertiary/aromatic N) is 3. The van der Waals surface area contributed by atoms with Gasteiger partial charge in [0.25, 0.3) is 35.0 Å². The SMILES string of the molecule is O=C(NNC(=O)c1cccc(C(=O)NNC(=O)c2cccc([N+](=O)[O-])c2)n1)c1cccc([N+](=O)[O-])c1. The molecule has 0 aliphatic carbocycles. The number of non-ortho nitro benzene ring substituents is 2. The number of carbonyl (C=O) groups excluding carboxylic acids is 4. The second-order valence-electron chi connectivity index (χ2n) is 6.84. The number of hydrogen-bond acceptors (Lipinski definition) is 9. The van der Waals surface area contributed by atoms with E-state index in [9.17, 15) is 39.4 Å². The largest absolute Gasteiger partial charge is 0.288 e. The zero-order chi connectivity index (χ0) is 26.2. The summed E-state index contributed by atoms with van der Waals surface area (Å²) in [6.45, 7) is 0. The van der Waals surface area contributed by atoms with E-state index in [1.807, 2.05) is 0 Å². The maximum absolute atomic E-state index is 12.3. The number of rotatable bonds is 6. The Morgan fingerprint density at radius 2 is 0.944 bits per heavy atom. The molecule has 1 heterocycles. The van der Waals surface area contributed by atoms with Gasteiger partial charge in [0.2, 0.25) is 0 Å². The normalized spacial score (nSPS) is 10.0. The molecule has 1 aromatic heterocycles. The van der Waals surface area contributed by atoms with E-state index < -0.39 is 33.5 Å². The van der Waals surface area contributed by atoms with Gasteiger partial charge in [-0.05, 0) is 24.3 Å². The molecule has 0 radical (unpaired) electrons. The van der Waals surface area contributed by atoms with E-state index in [4.69, 9.17) is 0 Å². The predicted molar refractivity (Wildman–Crippen MR) is 120 cm³/mol. The number of benzene rings is 2. The van der Waals surface area contributed by atoms with Crippen molar-refractivity contribution in [2.75, 3.05) is 0 Å². The first-order valence-corrected chi connectivity index (χ1v) is 9.83. The molecule has 0 unspecified atom stereocenters. The second-order valence-corrected chi connectivity index (χ2v) is 6.84. The van der Waals surface area contributed by atoms with Crippen molar-refractivity contribution in [3.05, 3.63) is 109 Å². The zero-order valence-electron chi connectivity index (χ0n) is 18.0. The molecule has 4 N–H and O–H groups in total. The van der Waals surface area contributed by atoms with Gasteiger partial charge in [-0.25, -0.2) is 4.98 Å². The van der Waals surface area contributed by atoms with Crippen LogP contribution in [0.3, 0.4) is 0 Å². The van der Waals surface area contributed by atoms with Crippen LogP contribution in [0.5, 0.6) is 0 Å². The summed E-state index contributed by atoms with van der Waals surface area (Å²) in [5.41, 5.74) is 6.97. The Morgan fingerprint density at radius 1 is 0.583 bits per heavy atom. The molecule has 0 saturated carbocycles. The van der Waals surface area contributed by atoms with E-state index in [0.717, 1.165) is 12.1 Å². The molecule has 0 spiro atoms. The predicted octanol–water partition coefficient (Wildman–Crippen LogP) is 1.05. The third-order valence-corrected chi connectivity index (χ3v) is 4.43. The van der Waals surface area contributed by atoms with Crippen molar-refractivity contribution >= 4 is 35.0 Å². The van der Waals surface area contributed by atoms with Gasteiger partial charge in [-0.1, -0.05) is 18.2 Å². The summed E-state index contributed by atoms with van der Waals surface area (Å²) in [7, 11) is 0. The minimum atomic E-state index is -0.899. The summed E-state index contributed by atoms with van der Waals surface area (Å²) >= 11 is 0. The number of nitrogens with one attached hydrogen (secondary N) is 4. The van der Waals surface area contributed by atoms with Crippen LogP contribution in [0.4, 0.5) is 11.4 Å². The molecule has 2 aromatic carbocycles. The molecule has 36 heavy (non-hydrogen) atoms. The van der Waals surface area contributed by atoms with Crippen LogP contribution in [-0.2, 0) is 0 Å². The lowest BCUT2D eigenvalue weighted by Crippen LogP contribution is -2.43. The first-order chi connectivity index (χ1) is 17.2. The molecular weight excluding hydrogens is 478 g/mol. The molecule has 0 fully saturated rings. The van der Waals surface area contributed by atoms with Gasteiger partial charge >= 0.3 is 0 Å². The van der Waals surface area contributed by atoms with Crippen LogP contribution >= 0.6 is 0 Å². The Bertz CT molecular complexity index is 1290. The Hall–Kier alpha value is -5.73. The molecule has 182 valence electrons. The van der Waals surface area contributed by atoms with E-state index >= 15 is 0 Å². The first-order valence-electron chi connectivity index (χ1n) is 9.83. The topological polar surface area (TPSA) is 216 Å². The number of carbonyl (C=O) groups is 4. The fourth-order valence-electron chi connectivity index (χ4n) is 2.71. The summed E-state index contributed by atoms with van der Waals surface area (Å²) in [4.78, 5) is 73.1. The summed E-state index contributed by atoms with van der Waals surface area (Å²) in [6, 6.07) is 13.5. The Balaban J connectivity index is 1.59. The number of nitro benzene ring substituents is 2. The van der Waals surface area contributed by atoms with Crippen LogP contribution < -0.4 is 21.7 Å². The van der Waals surface area contributed by atoms with E-state index in [1.165, 1.54) is 54.6 Å². The number of aromatic nitrogens is 1. The Morgan fingerprint density at radius 3 is 1.33 bits per heavy atom. The summed E-state index contributed by atoms with van der Waals surface area (Å²) in [5.74, 6) is -3.46.